The molecule has 0 saturated heterocycles. The number of aromatic nitrogens is 1. The van der Waals surface area contributed by atoms with Crippen molar-refractivity contribution in [1.82, 2.24) is 4.98 Å². The lowest BCUT2D eigenvalue weighted by Gasteiger charge is -2.03. The molecule has 0 bridgehead atoms. The van der Waals surface area contributed by atoms with Crippen molar-refractivity contribution in [3.05, 3.63) is 40.4 Å². The molecule has 0 aliphatic heterocycles. The lowest BCUT2D eigenvalue weighted by Crippen LogP contribution is -1.98. The molecule has 3 nitrogen and oxygen atoms in total. The summed E-state index contributed by atoms with van der Waals surface area (Å²) in [6, 6.07) is 7.97. The van der Waals surface area contributed by atoms with Gasteiger partial charge in [0.15, 0.2) is 0 Å². The van der Waals surface area contributed by atoms with Gasteiger partial charge in [0.25, 0.3) is 0 Å². The van der Waals surface area contributed by atoms with Crippen LogP contribution in [0.5, 0.6) is 0 Å². The van der Waals surface area contributed by atoms with Crippen molar-refractivity contribution >= 4 is 11.3 Å². The second kappa shape index (κ2) is 4.74. The highest BCUT2D eigenvalue weighted by atomic mass is 32.1. The van der Waals surface area contributed by atoms with Crippen LogP contribution in [0.3, 0.4) is 0 Å². The lowest BCUT2D eigenvalue weighted by atomic mass is 10.1. The van der Waals surface area contributed by atoms with E-state index in [1.54, 1.807) is 0 Å². The number of nitrogens with two attached hydrogens (primary N) is 1. The van der Waals surface area contributed by atoms with Crippen molar-refractivity contribution in [2.24, 2.45) is 5.73 Å². The third kappa shape index (κ3) is 2.00. The summed E-state index contributed by atoms with van der Waals surface area (Å²) in [4.78, 5) is 5.38. The Morgan fingerprint density at radius 3 is 2.75 bits per heavy atom. The number of aliphatic hydroxyl groups is 1. The van der Waals surface area contributed by atoms with Crippen molar-refractivity contribution in [1.29, 1.82) is 0 Å². The number of thiazole rings is 1. The SMILES string of the molecule is Cc1nc(-c2ccccc2CN)sc1CO. The summed E-state index contributed by atoms with van der Waals surface area (Å²) >= 11 is 1.53. The average molecular weight is 234 g/mol. The number of rotatable bonds is 3. The normalized spacial score (nSPS) is 10.7. The molecule has 4 heteroatoms. The van der Waals surface area contributed by atoms with Gasteiger partial charge in [0.1, 0.15) is 5.01 Å². The summed E-state index contributed by atoms with van der Waals surface area (Å²) in [6.45, 7) is 2.47. The fourth-order valence-corrected chi connectivity index (χ4v) is 2.58. The molecule has 0 aliphatic rings. The number of hydrogen-bond donors (Lipinski definition) is 2. The summed E-state index contributed by atoms with van der Waals surface area (Å²) in [7, 11) is 0. The second-order valence-electron chi connectivity index (χ2n) is 3.55. The molecule has 0 saturated carbocycles. The zero-order valence-corrected chi connectivity index (χ0v) is 9.92. The summed E-state index contributed by atoms with van der Waals surface area (Å²) in [6.07, 6.45) is 0. The Hall–Kier alpha value is -1.23. The molecule has 0 spiro atoms. The van der Waals surface area contributed by atoms with Crippen LogP contribution >= 0.6 is 11.3 Å². The van der Waals surface area contributed by atoms with Crippen LogP contribution in [0, 0.1) is 6.92 Å². The molecule has 3 N–H and O–H groups in total. The number of hydrogen-bond acceptors (Lipinski definition) is 4. The monoisotopic (exact) mass is 234 g/mol. The molecule has 1 heterocycles. The standard InChI is InChI=1S/C12H14N2OS/c1-8-11(7-15)16-12(14-8)10-5-3-2-4-9(10)6-13/h2-5,15H,6-7,13H2,1H3. The lowest BCUT2D eigenvalue weighted by molar-refractivity contribution is 0.284. The van der Waals surface area contributed by atoms with Gasteiger partial charge in [-0.3, -0.25) is 0 Å². The number of aliphatic hydroxyl groups excluding tert-OH is 1. The number of benzene rings is 1. The van der Waals surface area contributed by atoms with Gasteiger partial charge in [-0.05, 0) is 12.5 Å². The van der Waals surface area contributed by atoms with Gasteiger partial charge in [0.2, 0.25) is 0 Å². The van der Waals surface area contributed by atoms with Crippen LogP contribution in [0.1, 0.15) is 16.1 Å². The van der Waals surface area contributed by atoms with Gasteiger partial charge in [0, 0.05) is 12.1 Å². The molecule has 2 aromatic rings. The molecular formula is C12H14N2OS. The summed E-state index contributed by atoms with van der Waals surface area (Å²) in [5.41, 5.74) is 8.74. The summed E-state index contributed by atoms with van der Waals surface area (Å²) in [5.74, 6) is 0. The van der Waals surface area contributed by atoms with E-state index in [9.17, 15) is 0 Å². The maximum atomic E-state index is 9.15. The first-order chi connectivity index (χ1) is 7.76. The molecule has 1 aromatic carbocycles. The quantitative estimate of drug-likeness (QED) is 0.854. The van der Waals surface area contributed by atoms with E-state index < -0.39 is 0 Å². The van der Waals surface area contributed by atoms with Crippen LogP contribution in [0.15, 0.2) is 24.3 Å². The van der Waals surface area contributed by atoms with Crippen molar-refractivity contribution in [2.45, 2.75) is 20.1 Å². The molecule has 84 valence electrons. The molecule has 16 heavy (non-hydrogen) atoms. The average Bonchev–Trinajstić information content (AvgIpc) is 2.70. The van der Waals surface area contributed by atoms with Gasteiger partial charge in [0.05, 0.1) is 17.2 Å². The van der Waals surface area contributed by atoms with Crippen molar-refractivity contribution in [3.8, 4) is 10.6 Å². The third-order valence-electron chi connectivity index (χ3n) is 2.50. The fraction of sp³-hybridized carbons (Fsp3) is 0.250. The predicted molar refractivity (Wildman–Crippen MR) is 66.1 cm³/mol. The van der Waals surface area contributed by atoms with E-state index in [1.165, 1.54) is 11.3 Å². The minimum atomic E-state index is 0.0499. The van der Waals surface area contributed by atoms with E-state index >= 15 is 0 Å². The van der Waals surface area contributed by atoms with Crippen molar-refractivity contribution in [2.75, 3.05) is 0 Å². The molecule has 0 radical (unpaired) electrons. The molecule has 0 unspecified atom stereocenters. The van der Waals surface area contributed by atoms with Gasteiger partial charge < -0.3 is 10.8 Å². The molecule has 0 fully saturated rings. The largest absolute Gasteiger partial charge is 0.391 e. The zero-order chi connectivity index (χ0) is 11.5. The minimum absolute atomic E-state index is 0.0499. The molecule has 1 aromatic heterocycles. The highest BCUT2D eigenvalue weighted by molar-refractivity contribution is 7.15. The van der Waals surface area contributed by atoms with Gasteiger partial charge in [-0.2, -0.15) is 0 Å². The van der Waals surface area contributed by atoms with Gasteiger partial charge in [-0.25, -0.2) is 4.98 Å². The Bertz CT molecular complexity index is 494. The Labute approximate surface area is 98.6 Å². The van der Waals surface area contributed by atoms with Crippen LogP contribution in [-0.4, -0.2) is 10.1 Å². The van der Waals surface area contributed by atoms with Gasteiger partial charge in [-0.15, -0.1) is 11.3 Å². The van der Waals surface area contributed by atoms with Crippen LogP contribution in [0.25, 0.3) is 10.6 Å². The highest BCUT2D eigenvalue weighted by Gasteiger charge is 2.10. The first-order valence-electron chi connectivity index (χ1n) is 5.11. The Balaban J connectivity index is 2.49. The first-order valence-corrected chi connectivity index (χ1v) is 5.93. The highest BCUT2D eigenvalue weighted by Crippen LogP contribution is 2.30. The predicted octanol–water partition coefficient (Wildman–Crippen LogP) is 2.07. The Morgan fingerprint density at radius 2 is 2.12 bits per heavy atom. The van der Waals surface area contributed by atoms with Crippen molar-refractivity contribution < 1.29 is 5.11 Å². The second-order valence-corrected chi connectivity index (χ2v) is 4.63. The van der Waals surface area contributed by atoms with E-state index in [4.69, 9.17) is 10.8 Å². The topological polar surface area (TPSA) is 59.1 Å². The summed E-state index contributed by atoms with van der Waals surface area (Å²) < 4.78 is 0. The van der Waals surface area contributed by atoms with Crippen LogP contribution < -0.4 is 5.73 Å². The molecule has 0 amide bonds. The van der Waals surface area contributed by atoms with E-state index in [2.05, 4.69) is 4.98 Å². The Morgan fingerprint density at radius 1 is 1.38 bits per heavy atom. The van der Waals surface area contributed by atoms with Crippen LogP contribution in [-0.2, 0) is 13.2 Å². The van der Waals surface area contributed by atoms with Gasteiger partial charge in [-0.1, -0.05) is 24.3 Å². The van der Waals surface area contributed by atoms with Crippen LogP contribution in [0.2, 0.25) is 0 Å². The van der Waals surface area contributed by atoms with Crippen LogP contribution in [0.4, 0.5) is 0 Å². The van der Waals surface area contributed by atoms with E-state index in [0.717, 1.165) is 26.7 Å². The first kappa shape index (κ1) is 11.3. The number of aryl methyl sites for hydroxylation is 1. The van der Waals surface area contributed by atoms with E-state index in [0.29, 0.717) is 6.54 Å². The minimum Gasteiger partial charge on any atom is -0.391 e. The molecule has 0 atom stereocenters. The van der Waals surface area contributed by atoms with Crippen molar-refractivity contribution in [3.63, 3.8) is 0 Å². The smallest absolute Gasteiger partial charge is 0.124 e. The van der Waals surface area contributed by atoms with E-state index in [-0.39, 0.29) is 6.61 Å². The Kier molecular flexibility index (Phi) is 3.33. The van der Waals surface area contributed by atoms with E-state index in [1.807, 2.05) is 31.2 Å². The molecule has 2 rings (SSSR count). The molecular weight excluding hydrogens is 220 g/mol. The number of nitrogens with zero attached hydrogens (tertiary/aromatic N) is 1. The summed E-state index contributed by atoms with van der Waals surface area (Å²) in [5, 5.41) is 10.1. The molecule has 0 aliphatic carbocycles. The fourth-order valence-electron chi connectivity index (χ4n) is 1.60. The maximum absolute atomic E-state index is 9.15. The maximum Gasteiger partial charge on any atom is 0.124 e. The van der Waals surface area contributed by atoms with Gasteiger partial charge >= 0.3 is 0 Å². The third-order valence-corrected chi connectivity index (χ3v) is 3.68. The zero-order valence-electron chi connectivity index (χ0n) is 9.10.